The second-order valence-electron chi connectivity index (χ2n) is 3.40. The van der Waals surface area contributed by atoms with E-state index in [1.54, 1.807) is 0 Å². The molecule has 95 valence electrons. The molecule has 1 aliphatic rings. The molecule has 0 bridgehead atoms. The van der Waals surface area contributed by atoms with Crippen LogP contribution in [0.5, 0.6) is 0 Å². The summed E-state index contributed by atoms with van der Waals surface area (Å²) in [4.78, 5) is 0. The van der Waals surface area contributed by atoms with Crippen molar-refractivity contribution >= 4 is 11.3 Å². The molecule has 1 N–H and O–H groups in total. The fourth-order valence-corrected chi connectivity index (χ4v) is 1.78. The molecule has 0 amide bonds. The molecule has 0 aromatic heterocycles. The smallest absolute Gasteiger partial charge is 0.760 e. The maximum absolute atomic E-state index is 10.5. The van der Waals surface area contributed by atoms with Crippen LogP contribution in [0.2, 0.25) is 0 Å². The Balaban J connectivity index is -0.000000563. The van der Waals surface area contributed by atoms with E-state index in [0.29, 0.717) is 25.9 Å². The zero-order valence-corrected chi connectivity index (χ0v) is 14.6. The Morgan fingerprint density at radius 1 is 1.50 bits per heavy atom. The largest absolute Gasteiger partial charge is 2.00 e. The van der Waals surface area contributed by atoms with Gasteiger partial charge in [-0.1, -0.05) is 0 Å². The van der Waals surface area contributed by atoms with Crippen molar-refractivity contribution in [2.75, 3.05) is 26.7 Å². The summed E-state index contributed by atoms with van der Waals surface area (Å²) in [6, 6.07) is 0. The van der Waals surface area contributed by atoms with Gasteiger partial charge in [-0.25, -0.2) is 4.31 Å². The van der Waals surface area contributed by atoms with Gasteiger partial charge in [0.25, 0.3) is 0 Å². The molecule has 0 aromatic rings. The topological polar surface area (TPSA) is 77.7 Å². The molecule has 1 radical (unpaired) electrons. The van der Waals surface area contributed by atoms with Crippen LogP contribution in [0.1, 0.15) is 12.8 Å². The molecule has 0 spiro atoms. The minimum atomic E-state index is -2.25. The van der Waals surface area contributed by atoms with Crippen molar-refractivity contribution in [1.82, 2.24) is 4.31 Å². The number of piperidine rings is 1. The fourth-order valence-electron chi connectivity index (χ4n) is 1.44. The number of hydrogen-bond donors (Lipinski definition) is 1. The van der Waals surface area contributed by atoms with E-state index >= 15 is 0 Å². The van der Waals surface area contributed by atoms with Crippen molar-refractivity contribution in [3.05, 3.63) is 12.7 Å². The van der Waals surface area contributed by atoms with Gasteiger partial charge in [-0.3, -0.25) is 4.21 Å². The summed E-state index contributed by atoms with van der Waals surface area (Å²) in [6.45, 7) is 1.41. The summed E-state index contributed by atoms with van der Waals surface area (Å²) in [5.74, 6) is 0. The molecule has 1 aliphatic heterocycles. The number of nitrogens with zero attached hydrogens (tertiary/aromatic N) is 2. The molecule has 1 atom stereocenters. The Morgan fingerprint density at radius 3 is 2.31 bits per heavy atom. The summed E-state index contributed by atoms with van der Waals surface area (Å²) in [5.41, 5.74) is -0.878. The van der Waals surface area contributed by atoms with Crippen molar-refractivity contribution < 1.29 is 53.5 Å². The van der Waals surface area contributed by atoms with Gasteiger partial charge in [-0.05, 0) is 19.9 Å². The molecular formula is C8H17N2O3SVW-. The van der Waals surface area contributed by atoms with Gasteiger partial charge in [0.15, 0.2) is 0 Å². The third-order valence-corrected chi connectivity index (χ3v) is 2.88. The van der Waals surface area contributed by atoms with E-state index in [1.165, 1.54) is 7.05 Å². The average molecular weight is 456 g/mol. The Labute approximate surface area is 126 Å². The summed E-state index contributed by atoms with van der Waals surface area (Å²) in [7, 11) is 1.45. The Bertz CT molecular complexity index is 206. The molecule has 8 heteroatoms. The molecule has 5 nitrogen and oxygen atoms in total. The maximum Gasteiger partial charge on any atom is 2.00 e. The van der Waals surface area contributed by atoms with Crippen LogP contribution in [-0.2, 0) is 50.9 Å². The first-order valence-electron chi connectivity index (χ1n) is 4.20. The second-order valence-corrected chi connectivity index (χ2v) is 4.46. The number of likely N-dealkylation sites (N-methyl/N-ethyl adjacent to an activating group) is 1. The molecule has 1 saturated heterocycles. The first-order chi connectivity index (χ1) is 6.03. The maximum atomic E-state index is 10.5. The first kappa shape index (κ1) is 22.4. The van der Waals surface area contributed by atoms with Gasteiger partial charge in [-0.15, -0.1) is 13.1 Å². The van der Waals surface area contributed by atoms with Crippen molar-refractivity contribution in [3.63, 3.8) is 0 Å². The van der Waals surface area contributed by atoms with Crippen LogP contribution >= 0.6 is 0 Å². The monoisotopic (exact) mass is 456 g/mol. The van der Waals surface area contributed by atoms with E-state index < -0.39 is 16.9 Å². The van der Waals surface area contributed by atoms with Gasteiger partial charge in [0.1, 0.15) is 0 Å². The minimum absolute atomic E-state index is 0. The van der Waals surface area contributed by atoms with Crippen molar-refractivity contribution in [2.24, 2.45) is 0 Å². The SMILES string of the molecule is CN(CC1(O)CC[N-]CC1)S(=O)[O-].[CH3-].[V+2].[W]. The first-order valence-corrected chi connectivity index (χ1v) is 5.23. The van der Waals surface area contributed by atoms with Crippen LogP contribution < -0.4 is 0 Å². The van der Waals surface area contributed by atoms with E-state index in [2.05, 4.69) is 5.32 Å². The predicted molar refractivity (Wildman–Crippen MR) is 55.2 cm³/mol. The Hall–Kier alpha value is 1.26. The molecule has 1 fully saturated rings. The normalized spacial score (nSPS) is 20.0. The minimum Gasteiger partial charge on any atom is -0.760 e. The van der Waals surface area contributed by atoms with Gasteiger partial charge in [-0.2, -0.15) is 0 Å². The van der Waals surface area contributed by atoms with Crippen LogP contribution in [0, 0.1) is 7.43 Å². The third-order valence-electron chi connectivity index (χ3n) is 2.24. The number of rotatable bonds is 3. The Kier molecular flexibility index (Phi) is 14.3. The molecule has 1 unspecified atom stereocenters. The van der Waals surface area contributed by atoms with Crippen LogP contribution in [0.4, 0.5) is 0 Å². The zero-order chi connectivity index (χ0) is 9.90. The van der Waals surface area contributed by atoms with Crippen molar-refractivity contribution in [3.8, 4) is 0 Å². The van der Waals surface area contributed by atoms with E-state index in [4.69, 9.17) is 0 Å². The van der Waals surface area contributed by atoms with Gasteiger partial charge >= 0.3 is 18.6 Å². The number of hydrogen-bond acceptors (Lipinski definition) is 3. The third kappa shape index (κ3) is 7.56. The van der Waals surface area contributed by atoms with Crippen LogP contribution in [-0.4, -0.2) is 50.5 Å². The van der Waals surface area contributed by atoms with Gasteiger partial charge in [0, 0.05) is 38.9 Å². The molecule has 0 saturated carbocycles. The molecular weight excluding hydrogens is 439 g/mol. The van der Waals surface area contributed by atoms with Crippen LogP contribution in [0.25, 0.3) is 5.32 Å². The van der Waals surface area contributed by atoms with E-state index in [1.807, 2.05) is 0 Å². The molecule has 1 rings (SSSR count). The average Bonchev–Trinajstić information content (AvgIpc) is 2.04. The van der Waals surface area contributed by atoms with Crippen LogP contribution in [0.3, 0.4) is 0 Å². The van der Waals surface area contributed by atoms with E-state index in [-0.39, 0.29) is 53.6 Å². The van der Waals surface area contributed by atoms with Gasteiger partial charge < -0.3 is 22.4 Å². The van der Waals surface area contributed by atoms with E-state index in [9.17, 15) is 13.9 Å². The van der Waals surface area contributed by atoms with Crippen molar-refractivity contribution in [1.29, 1.82) is 0 Å². The molecule has 0 aliphatic carbocycles. The second kappa shape index (κ2) is 10.2. The van der Waals surface area contributed by atoms with Gasteiger partial charge in [0.2, 0.25) is 0 Å². The van der Waals surface area contributed by atoms with E-state index in [0.717, 1.165) is 4.31 Å². The zero-order valence-electron chi connectivity index (χ0n) is 9.46. The summed E-state index contributed by atoms with van der Waals surface area (Å²) in [5, 5.41) is 14.0. The quantitative estimate of drug-likeness (QED) is 0.482. The number of aliphatic hydroxyl groups is 1. The predicted octanol–water partition coefficient (Wildman–Crippen LogP) is 0.0562. The van der Waals surface area contributed by atoms with Gasteiger partial charge in [0.05, 0.1) is 5.60 Å². The van der Waals surface area contributed by atoms with Crippen LogP contribution in [0.15, 0.2) is 0 Å². The summed E-state index contributed by atoms with van der Waals surface area (Å²) < 4.78 is 22.1. The van der Waals surface area contributed by atoms with Crippen molar-refractivity contribution in [2.45, 2.75) is 18.4 Å². The fraction of sp³-hybridized carbons (Fsp3) is 0.875. The molecule has 1 heterocycles. The Morgan fingerprint density at radius 2 is 1.94 bits per heavy atom. The molecule has 16 heavy (non-hydrogen) atoms. The summed E-state index contributed by atoms with van der Waals surface area (Å²) >= 11 is -2.25. The molecule has 0 aromatic carbocycles. The summed E-state index contributed by atoms with van der Waals surface area (Å²) in [6.07, 6.45) is 1.10. The standard InChI is InChI=1S/C7H15N2O3S.CH3.V.W/c1-9(13(11)12)6-7(10)2-4-8-5-3-7;;;/h10H,2-6H2,1H3,(H,11,12);1H3;;/q2*-1;+2;/p-1.